The first-order valence-electron chi connectivity index (χ1n) is 3.05. The minimum absolute atomic E-state index is 0.238. The Morgan fingerprint density at radius 3 is 2.33 bits per heavy atom. The maximum atomic E-state index is 9.95. The van der Waals surface area contributed by atoms with Crippen LogP contribution in [0.4, 0.5) is 0 Å². The summed E-state index contributed by atoms with van der Waals surface area (Å²) in [4.78, 5) is 23.2. The highest BCUT2D eigenvalue weighted by molar-refractivity contribution is 9.09. The zero-order valence-electron chi connectivity index (χ0n) is 6.01. The standard InChI is InChI=1S/C4H7BrN2O5/c5-2-1-4(3-6(8)9)12-7(10)11/h4H,1-3H2. The van der Waals surface area contributed by atoms with Gasteiger partial charge >= 0.3 is 0 Å². The normalized spacial score (nSPS) is 12.1. The van der Waals surface area contributed by atoms with E-state index in [-0.39, 0.29) is 6.42 Å². The lowest BCUT2D eigenvalue weighted by Crippen LogP contribution is -2.26. The van der Waals surface area contributed by atoms with Gasteiger partial charge in [0.2, 0.25) is 6.54 Å². The second kappa shape index (κ2) is 5.70. The summed E-state index contributed by atoms with van der Waals surface area (Å²) in [7, 11) is 0. The molecule has 0 aliphatic carbocycles. The largest absolute Gasteiger partial charge is 0.304 e. The van der Waals surface area contributed by atoms with E-state index in [9.17, 15) is 20.2 Å². The fraction of sp³-hybridized carbons (Fsp3) is 1.00. The van der Waals surface area contributed by atoms with E-state index in [2.05, 4.69) is 20.8 Å². The molecule has 0 bridgehead atoms. The molecule has 0 saturated carbocycles. The van der Waals surface area contributed by atoms with Crippen LogP contribution >= 0.6 is 15.9 Å². The first-order valence-corrected chi connectivity index (χ1v) is 4.17. The molecule has 1 unspecified atom stereocenters. The Kier molecular flexibility index (Phi) is 5.26. The summed E-state index contributed by atoms with van der Waals surface area (Å²) in [5.74, 6) is 0. The third-order valence-electron chi connectivity index (χ3n) is 1.02. The minimum atomic E-state index is -1.02. The smallest absolute Gasteiger partial charge is 0.295 e. The predicted octanol–water partition coefficient (Wildman–Crippen LogP) is 0.625. The Hall–Kier alpha value is -0.920. The van der Waals surface area contributed by atoms with Gasteiger partial charge in [-0.2, -0.15) is 0 Å². The summed E-state index contributed by atoms with van der Waals surface area (Å²) in [6.07, 6.45) is -0.725. The monoisotopic (exact) mass is 242 g/mol. The van der Waals surface area contributed by atoms with Crippen molar-refractivity contribution in [3.05, 3.63) is 20.2 Å². The van der Waals surface area contributed by atoms with Gasteiger partial charge in [0.1, 0.15) is 0 Å². The molecule has 0 radical (unpaired) electrons. The molecule has 0 N–H and O–H groups in total. The maximum Gasteiger partial charge on any atom is 0.295 e. The van der Waals surface area contributed by atoms with Crippen molar-refractivity contribution in [2.75, 3.05) is 11.9 Å². The van der Waals surface area contributed by atoms with E-state index in [4.69, 9.17) is 0 Å². The van der Waals surface area contributed by atoms with Gasteiger partial charge in [0.15, 0.2) is 6.10 Å². The highest BCUT2D eigenvalue weighted by Crippen LogP contribution is 2.01. The molecule has 0 aliphatic heterocycles. The van der Waals surface area contributed by atoms with E-state index in [1.54, 1.807) is 0 Å². The number of rotatable bonds is 6. The highest BCUT2D eigenvalue weighted by Gasteiger charge is 2.18. The van der Waals surface area contributed by atoms with E-state index >= 15 is 0 Å². The van der Waals surface area contributed by atoms with Crippen LogP contribution < -0.4 is 0 Å². The van der Waals surface area contributed by atoms with Gasteiger partial charge in [-0.1, -0.05) is 15.9 Å². The molecule has 0 aromatic rings. The number of hydrogen-bond acceptors (Lipinski definition) is 5. The molecule has 0 rings (SSSR count). The van der Waals surface area contributed by atoms with Gasteiger partial charge in [0.05, 0.1) is 0 Å². The molecule has 1 atom stereocenters. The van der Waals surface area contributed by atoms with Gasteiger partial charge in [-0.05, 0) is 6.42 Å². The van der Waals surface area contributed by atoms with E-state index in [0.717, 1.165) is 0 Å². The molecule has 0 saturated heterocycles. The van der Waals surface area contributed by atoms with Crippen LogP contribution in [0.5, 0.6) is 0 Å². The highest BCUT2D eigenvalue weighted by atomic mass is 79.9. The summed E-state index contributed by atoms with van der Waals surface area (Å²) in [5.41, 5.74) is 0. The summed E-state index contributed by atoms with van der Waals surface area (Å²) in [6.45, 7) is -0.549. The number of nitrogens with zero attached hydrogens (tertiary/aromatic N) is 2. The second-order valence-electron chi connectivity index (χ2n) is 1.94. The third-order valence-corrected chi connectivity index (χ3v) is 1.48. The number of halogens is 1. The van der Waals surface area contributed by atoms with Crippen LogP contribution in [-0.4, -0.2) is 28.0 Å². The molecule has 0 fully saturated rings. The van der Waals surface area contributed by atoms with Crippen molar-refractivity contribution in [3.8, 4) is 0 Å². The quantitative estimate of drug-likeness (QED) is 0.387. The fourth-order valence-electron chi connectivity index (χ4n) is 0.587. The van der Waals surface area contributed by atoms with Crippen LogP contribution in [0, 0.1) is 20.2 Å². The lowest BCUT2D eigenvalue weighted by molar-refractivity contribution is -0.774. The molecule has 0 amide bonds. The fourth-order valence-corrected chi connectivity index (χ4v) is 1.10. The Morgan fingerprint density at radius 1 is 1.42 bits per heavy atom. The Balaban J connectivity index is 3.85. The van der Waals surface area contributed by atoms with Crippen molar-refractivity contribution in [3.63, 3.8) is 0 Å². The number of nitro groups is 1. The summed E-state index contributed by atoms with van der Waals surface area (Å²) in [5, 5.41) is 19.2. The van der Waals surface area contributed by atoms with Gasteiger partial charge in [-0.25, -0.2) is 0 Å². The molecule has 70 valence electrons. The topological polar surface area (TPSA) is 95.5 Å². The lowest BCUT2D eigenvalue weighted by atomic mass is 10.3. The first kappa shape index (κ1) is 11.1. The van der Waals surface area contributed by atoms with Gasteiger partial charge in [-0.3, -0.25) is 10.1 Å². The van der Waals surface area contributed by atoms with Gasteiger partial charge in [0, 0.05) is 10.3 Å². The van der Waals surface area contributed by atoms with Crippen molar-refractivity contribution in [2.24, 2.45) is 0 Å². The lowest BCUT2D eigenvalue weighted by Gasteiger charge is -2.07. The average molecular weight is 243 g/mol. The molecule has 7 nitrogen and oxygen atoms in total. The first-order chi connectivity index (χ1) is 5.56. The van der Waals surface area contributed by atoms with Gasteiger partial charge < -0.3 is 4.84 Å². The molecular formula is C4H7BrN2O5. The number of alkyl halides is 1. The van der Waals surface area contributed by atoms with Crippen molar-refractivity contribution in [1.29, 1.82) is 0 Å². The van der Waals surface area contributed by atoms with E-state index in [0.29, 0.717) is 5.33 Å². The summed E-state index contributed by atoms with van der Waals surface area (Å²) < 4.78 is 0. The molecule has 0 heterocycles. The SMILES string of the molecule is O=[N+]([O-])CC(CCBr)O[N+](=O)[O-]. The molecular weight excluding hydrogens is 236 g/mol. The van der Waals surface area contributed by atoms with Crippen LogP contribution in [0.3, 0.4) is 0 Å². The molecule has 8 heteroatoms. The Bertz CT molecular complexity index is 159. The van der Waals surface area contributed by atoms with Crippen molar-refractivity contribution >= 4 is 15.9 Å². The van der Waals surface area contributed by atoms with Crippen LogP contribution in [0.2, 0.25) is 0 Å². The van der Waals surface area contributed by atoms with Crippen LogP contribution in [0.1, 0.15) is 6.42 Å². The molecule has 0 aromatic carbocycles. The zero-order chi connectivity index (χ0) is 9.56. The number of hydrogen-bond donors (Lipinski definition) is 0. The minimum Gasteiger partial charge on any atom is -0.304 e. The van der Waals surface area contributed by atoms with E-state index in [1.807, 2.05) is 0 Å². The van der Waals surface area contributed by atoms with Gasteiger partial charge in [0.25, 0.3) is 5.09 Å². The molecule has 0 aliphatic rings. The second-order valence-corrected chi connectivity index (χ2v) is 2.74. The summed E-state index contributed by atoms with van der Waals surface area (Å²) in [6, 6.07) is 0. The Morgan fingerprint density at radius 2 is 2.00 bits per heavy atom. The third kappa shape index (κ3) is 5.83. The van der Waals surface area contributed by atoms with Crippen molar-refractivity contribution in [1.82, 2.24) is 0 Å². The van der Waals surface area contributed by atoms with Crippen molar-refractivity contribution < 1.29 is 14.8 Å². The Labute approximate surface area is 76.1 Å². The zero-order valence-corrected chi connectivity index (χ0v) is 7.60. The van der Waals surface area contributed by atoms with Crippen molar-refractivity contribution in [2.45, 2.75) is 12.5 Å². The average Bonchev–Trinajstić information content (AvgIpc) is 1.84. The van der Waals surface area contributed by atoms with Crippen LogP contribution in [0.15, 0.2) is 0 Å². The van der Waals surface area contributed by atoms with E-state index in [1.165, 1.54) is 0 Å². The molecule has 12 heavy (non-hydrogen) atoms. The maximum absolute atomic E-state index is 9.95. The predicted molar refractivity (Wildman–Crippen MR) is 42.1 cm³/mol. The molecule has 0 aromatic heterocycles. The van der Waals surface area contributed by atoms with E-state index < -0.39 is 22.7 Å². The van der Waals surface area contributed by atoms with Crippen LogP contribution in [0.25, 0.3) is 0 Å². The summed E-state index contributed by atoms with van der Waals surface area (Å²) >= 11 is 3.00. The van der Waals surface area contributed by atoms with Gasteiger partial charge in [-0.15, -0.1) is 10.1 Å². The molecule has 0 spiro atoms. The van der Waals surface area contributed by atoms with Crippen LogP contribution in [-0.2, 0) is 4.84 Å².